The Hall–Kier alpha value is -2.81. The molecule has 1 amide bonds. The number of carbonyl (C=O) groups is 1. The number of anilines is 1. The molecule has 1 aliphatic heterocycles. The van der Waals surface area contributed by atoms with Crippen molar-refractivity contribution in [3.63, 3.8) is 0 Å². The van der Waals surface area contributed by atoms with E-state index < -0.39 is 5.60 Å². The molecule has 3 aromatic rings. The van der Waals surface area contributed by atoms with Gasteiger partial charge in [-0.25, -0.2) is 4.79 Å². The molecule has 4 rings (SSSR count). The number of amides is 1. The highest BCUT2D eigenvalue weighted by atomic mass is 16.6. The molecule has 0 aromatic heterocycles. The molecule has 26 heavy (non-hydrogen) atoms. The first kappa shape index (κ1) is 16.6. The predicted octanol–water partition coefficient (Wildman–Crippen LogP) is 5.80. The van der Waals surface area contributed by atoms with E-state index >= 15 is 0 Å². The summed E-state index contributed by atoms with van der Waals surface area (Å²) in [5.74, 6) is 0. The summed E-state index contributed by atoms with van der Waals surface area (Å²) < 4.78 is 5.66. The topological polar surface area (TPSA) is 29.5 Å². The summed E-state index contributed by atoms with van der Waals surface area (Å²) in [6.07, 6.45) is 0.565. The molecule has 0 unspecified atom stereocenters. The summed E-state index contributed by atoms with van der Waals surface area (Å²) >= 11 is 0. The van der Waals surface area contributed by atoms with Crippen molar-refractivity contribution in [3.05, 3.63) is 66.2 Å². The van der Waals surface area contributed by atoms with Crippen molar-refractivity contribution in [2.24, 2.45) is 0 Å². The third kappa shape index (κ3) is 2.94. The molecule has 0 saturated carbocycles. The van der Waals surface area contributed by atoms with Gasteiger partial charge in [0, 0.05) is 11.9 Å². The van der Waals surface area contributed by atoms with Gasteiger partial charge in [0.15, 0.2) is 0 Å². The Kier molecular flexibility index (Phi) is 3.95. The smallest absolute Gasteiger partial charge is 0.414 e. The number of nitrogens with zero attached hydrogens (tertiary/aromatic N) is 1. The van der Waals surface area contributed by atoms with Crippen molar-refractivity contribution in [3.8, 4) is 11.1 Å². The van der Waals surface area contributed by atoms with Gasteiger partial charge in [-0.1, -0.05) is 54.6 Å². The Morgan fingerprint density at radius 1 is 1.00 bits per heavy atom. The molecule has 3 aromatic carbocycles. The normalized spacial score (nSPS) is 13.7. The van der Waals surface area contributed by atoms with E-state index in [1.807, 2.05) is 39.0 Å². The van der Waals surface area contributed by atoms with E-state index in [2.05, 4.69) is 42.5 Å². The van der Waals surface area contributed by atoms with Crippen LogP contribution >= 0.6 is 0 Å². The van der Waals surface area contributed by atoms with Gasteiger partial charge in [-0.05, 0) is 55.3 Å². The van der Waals surface area contributed by atoms with Crippen LogP contribution < -0.4 is 4.90 Å². The van der Waals surface area contributed by atoms with Crippen LogP contribution in [0.15, 0.2) is 60.7 Å². The molecule has 1 heterocycles. The number of carbonyl (C=O) groups excluding carboxylic acids is 1. The van der Waals surface area contributed by atoms with Crippen LogP contribution in [-0.2, 0) is 11.2 Å². The second kappa shape index (κ2) is 6.17. The monoisotopic (exact) mass is 345 g/mol. The van der Waals surface area contributed by atoms with E-state index in [9.17, 15) is 4.79 Å². The van der Waals surface area contributed by atoms with Gasteiger partial charge < -0.3 is 4.74 Å². The van der Waals surface area contributed by atoms with Crippen molar-refractivity contribution in [2.75, 3.05) is 11.4 Å². The zero-order chi connectivity index (χ0) is 18.3. The standard InChI is InChI=1S/C23H23NO2/c1-23(2,3)26-22(25)24-14-13-19-20(16-9-5-4-6-10-16)15-17-11-7-8-12-18(17)21(19)24/h4-12,15H,13-14H2,1-3H3. The van der Waals surface area contributed by atoms with Crippen LogP contribution in [-0.4, -0.2) is 18.2 Å². The average molecular weight is 345 g/mol. The SMILES string of the molecule is CC(C)(C)OC(=O)N1CCc2c(-c3ccccc3)cc3ccccc3c21. The predicted molar refractivity (Wildman–Crippen MR) is 107 cm³/mol. The Bertz CT molecular complexity index is 971. The first-order chi connectivity index (χ1) is 12.4. The second-order valence-electron chi connectivity index (χ2n) is 7.72. The molecule has 0 fully saturated rings. The molecule has 3 heteroatoms. The minimum atomic E-state index is -0.507. The number of ether oxygens (including phenoxy) is 1. The average Bonchev–Trinajstić information content (AvgIpc) is 3.06. The zero-order valence-corrected chi connectivity index (χ0v) is 15.5. The summed E-state index contributed by atoms with van der Waals surface area (Å²) in [5.41, 5.74) is 4.09. The number of hydrogen-bond acceptors (Lipinski definition) is 2. The molecule has 0 saturated heterocycles. The lowest BCUT2D eigenvalue weighted by molar-refractivity contribution is 0.0584. The van der Waals surface area contributed by atoms with Gasteiger partial charge in [-0.15, -0.1) is 0 Å². The molecule has 0 atom stereocenters. The Morgan fingerprint density at radius 3 is 2.42 bits per heavy atom. The molecular formula is C23H23NO2. The zero-order valence-electron chi connectivity index (χ0n) is 15.5. The molecule has 0 N–H and O–H groups in total. The van der Waals surface area contributed by atoms with E-state index in [-0.39, 0.29) is 6.09 Å². The van der Waals surface area contributed by atoms with E-state index in [4.69, 9.17) is 4.74 Å². The van der Waals surface area contributed by atoms with Gasteiger partial charge in [0.25, 0.3) is 0 Å². The molecule has 0 bridgehead atoms. The lowest BCUT2D eigenvalue weighted by atomic mass is 9.93. The second-order valence-corrected chi connectivity index (χ2v) is 7.72. The minimum Gasteiger partial charge on any atom is -0.443 e. The van der Waals surface area contributed by atoms with Crippen molar-refractivity contribution in [1.29, 1.82) is 0 Å². The van der Waals surface area contributed by atoms with Gasteiger partial charge in [-0.3, -0.25) is 4.90 Å². The number of fused-ring (bicyclic) bond motifs is 3. The van der Waals surface area contributed by atoms with Crippen molar-refractivity contribution in [2.45, 2.75) is 32.8 Å². The highest BCUT2D eigenvalue weighted by Gasteiger charge is 2.32. The van der Waals surface area contributed by atoms with Gasteiger partial charge in [0.2, 0.25) is 0 Å². The summed E-state index contributed by atoms with van der Waals surface area (Å²) in [7, 11) is 0. The van der Waals surface area contributed by atoms with Gasteiger partial charge >= 0.3 is 6.09 Å². The Balaban J connectivity index is 1.91. The summed E-state index contributed by atoms with van der Waals surface area (Å²) in [6, 6.07) is 20.9. The molecule has 3 nitrogen and oxygen atoms in total. The maximum Gasteiger partial charge on any atom is 0.414 e. The molecular weight excluding hydrogens is 322 g/mol. The first-order valence-electron chi connectivity index (χ1n) is 9.04. The van der Waals surface area contributed by atoms with Crippen LogP contribution in [0.1, 0.15) is 26.3 Å². The van der Waals surface area contributed by atoms with Crippen LogP contribution in [0.2, 0.25) is 0 Å². The van der Waals surface area contributed by atoms with Crippen LogP contribution in [0.3, 0.4) is 0 Å². The molecule has 1 aliphatic rings. The molecule has 0 radical (unpaired) electrons. The van der Waals surface area contributed by atoms with Gasteiger partial charge in [0.1, 0.15) is 5.60 Å². The lowest BCUT2D eigenvalue weighted by Crippen LogP contribution is -2.35. The highest BCUT2D eigenvalue weighted by Crippen LogP contribution is 2.42. The fourth-order valence-corrected chi connectivity index (χ4v) is 3.64. The van der Waals surface area contributed by atoms with Crippen LogP contribution in [0.4, 0.5) is 10.5 Å². The largest absolute Gasteiger partial charge is 0.443 e. The Morgan fingerprint density at radius 2 is 1.69 bits per heavy atom. The summed E-state index contributed by atoms with van der Waals surface area (Å²) in [5, 5.41) is 2.24. The molecule has 0 aliphatic carbocycles. The van der Waals surface area contributed by atoms with E-state index in [1.165, 1.54) is 16.7 Å². The third-order valence-corrected chi connectivity index (χ3v) is 4.68. The van der Waals surface area contributed by atoms with Crippen molar-refractivity contribution >= 4 is 22.6 Å². The van der Waals surface area contributed by atoms with E-state index in [0.29, 0.717) is 6.54 Å². The van der Waals surface area contributed by atoms with Crippen molar-refractivity contribution in [1.82, 2.24) is 0 Å². The van der Waals surface area contributed by atoms with E-state index in [1.54, 1.807) is 4.90 Å². The maximum absolute atomic E-state index is 12.8. The fraction of sp³-hybridized carbons (Fsp3) is 0.261. The fourth-order valence-electron chi connectivity index (χ4n) is 3.64. The quantitative estimate of drug-likeness (QED) is 0.557. The van der Waals surface area contributed by atoms with Crippen LogP contribution in [0, 0.1) is 0 Å². The lowest BCUT2D eigenvalue weighted by Gasteiger charge is -2.25. The minimum absolute atomic E-state index is 0.272. The molecule has 132 valence electrons. The van der Waals surface area contributed by atoms with E-state index in [0.717, 1.165) is 22.9 Å². The maximum atomic E-state index is 12.8. The number of hydrogen-bond donors (Lipinski definition) is 0. The molecule has 0 spiro atoms. The van der Waals surface area contributed by atoms with Crippen molar-refractivity contribution < 1.29 is 9.53 Å². The third-order valence-electron chi connectivity index (χ3n) is 4.68. The number of benzene rings is 3. The van der Waals surface area contributed by atoms with Gasteiger partial charge in [-0.2, -0.15) is 0 Å². The number of rotatable bonds is 1. The summed E-state index contributed by atoms with van der Waals surface area (Å²) in [6.45, 7) is 6.36. The summed E-state index contributed by atoms with van der Waals surface area (Å²) in [4.78, 5) is 14.6. The first-order valence-corrected chi connectivity index (χ1v) is 9.04. The van der Waals surface area contributed by atoms with Crippen LogP contribution in [0.5, 0.6) is 0 Å². The highest BCUT2D eigenvalue weighted by molar-refractivity contribution is 6.07. The van der Waals surface area contributed by atoms with Crippen LogP contribution in [0.25, 0.3) is 21.9 Å². The Labute approximate surface area is 154 Å². The van der Waals surface area contributed by atoms with Gasteiger partial charge in [0.05, 0.1) is 5.69 Å².